The summed E-state index contributed by atoms with van der Waals surface area (Å²) in [6, 6.07) is 6.52. The Kier molecular flexibility index (Phi) is 17.0. The number of rotatable bonds is 16. The van der Waals surface area contributed by atoms with E-state index in [-0.39, 0.29) is 76.9 Å². The van der Waals surface area contributed by atoms with Gasteiger partial charge >= 0.3 is 29.8 Å². The number of aliphatic carboxylic acids is 5. The number of aliphatic hydroxyl groups excluding tert-OH is 1. The van der Waals surface area contributed by atoms with E-state index < -0.39 is 41.9 Å². The van der Waals surface area contributed by atoms with Crippen LogP contribution in [0.1, 0.15) is 24.3 Å². The maximum Gasteiger partial charge on any atom is 0.317 e. The van der Waals surface area contributed by atoms with Crippen LogP contribution in [0.15, 0.2) is 24.3 Å². The molecule has 1 atom stereocenters. The first kappa shape index (κ1) is 39.2. The predicted octanol–water partition coefficient (Wildman–Crippen LogP) is -1.16. The Balaban J connectivity index is 2.00. The van der Waals surface area contributed by atoms with Gasteiger partial charge in [0.25, 0.3) is 0 Å². The number of carboxylic acid groups (broad SMARTS) is 5. The SMILES string of the molecule is O=C(O)CC(CC(=O)O)c1ccc(NC(=S)NCC(O)CN2CCN(CC(=O)O)CCN(CC(=O)O)CCN(CC(=O)O)CC2)cc1. The molecule has 1 aromatic carbocycles. The summed E-state index contributed by atoms with van der Waals surface area (Å²) in [4.78, 5) is 63.5. The van der Waals surface area contributed by atoms with E-state index >= 15 is 0 Å². The minimum Gasteiger partial charge on any atom is -0.481 e. The van der Waals surface area contributed by atoms with Crippen LogP contribution in [0.3, 0.4) is 0 Å². The zero-order chi connectivity index (χ0) is 34.9. The van der Waals surface area contributed by atoms with E-state index in [1.54, 1.807) is 39.0 Å². The maximum atomic E-state index is 11.5. The number of hydrogen-bond acceptors (Lipinski definition) is 11. The van der Waals surface area contributed by atoms with Crippen LogP contribution in [0.4, 0.5) is 5.69 Å². The maximum absolute atomic E-state index is 11.5. The largest absolute Gasteiger partial charge is 0.481 e. The van der Waals surface area contributed by atoms with Gasteiger partial charge in [0.15, 0.2) is 5.11 Å². The molecule has 1 saturated heterocycles. The molecule has 1 aromatic rings. The van der Waals surface area contributed by atoms with Gasteiger partial charge in [-0.2, -0.15) is 0 Å². The topological polar surface area (TPSA) is 244 Å². The molecule has 0 aliphatic carbocycles. The number of benzene rings is 1. The smallest absolute Gasteiger partial charge is 0.317 e. The summed E-state index contributed by atoms with van der Waals surface area (Å²) >= 11 is 5.34. The lowest BCUT2D eigenvalue weighted by molar-refractivity contribution is -0.140. The van der Waals surface area contributed by atoms with E-state index in [4.69, 9.17) is 22.4 Å². The molecule has 0 radical (unpaired) electrons. The van der Waals surface area contributed by atoms with Crippen LogP contribution in [0.2, 0.25) is 0 Å². The van der Waals surface area contributed by atoms with E-state index in [1.165, 1.54) is 0 Å². The van der Waals surface area contributed by atoms with Crippen molar-refractivity contribution in [2.45, 2.75) is 24.9 Å². The highest BCUT2D eigenvalue weighted by atomic mass is 32.1. The molecule has 8 N–H and O–H groups in total. The molecule has 47 heavy (non-hydrogen) atoms. The summed E-state index contributed by atoms with van der Waals surface area (Å²) < 4.78 is 0. The van der Waals surface area contributed by atoms with Crippen LogP contribution in [0.5, 0.6) is 0 Å². The molecule has 0 saturated carbocycles. The van der Waals surface area contributed by atoms with E-state index in [0.717, 1.165) is 0 Å². The summed E-state index contributed by atoms with van der Waals surface area (Å²) in [6.07, 6.45) is -1.56. The quantitative estimate of drug-likeness (QED) is 0.0958. The standard InChI is InChI=1S/C29H44N6O11S/c36-23(15-30-29(47)31-22-3-1-20(2-4-22)21(13-24(37)38)14-25(39)40)16-32-5-7-33(17-26(41)42)9-11-35(19-28(45)46)12-10-34(8-6-32)18-27(43)44/h1-4,21,23,36H,5-19H2,(H,37,38)(H,39,40)(H,41,42)(H,43,44)(H,45,46)(H2,30,31,47). The second-order valence-electron chi connectivity index (χ2n) is 11.3. The number of nitrogens with one attached hydrogen (secondary N) is 2. The Bertz CT molecular complexity index is 1170. The van der Waals surface area contributed by atoms with Crippen molar-refractivity contribution in [3.8, 4) is 0 Å². The van der Waals surface area contributed by atoms with Crippen molar-refractivity contribution in [1.82, 2.24) is 24.9 Å². The lowest BCUT2D eigenvalue weighted by Crippen LogP contribution is -2.50. The third-order valence-corrected chi connectivity index (χ3v) is 7.70. The molecule has 1 aliphatic heterocycles. The van der Waals surface area contributed by atoms with E-state index in [2.05, 4.69) is 10.6 Å². The average Bonchev–Trinajstić information content (AvgIpc) is 2.96. The molecule has 1 fully saturated rings. The van der Waals surface area contributed by atoms with Crippen LogP contribution >= 0.6 is 12.2 Å². The number of carbonyl (C=O) groups is 5. The minimum atomic E-state index is -1.10. The van der Waals surface area contributed by atoms with Crippen LogP contribution < -0.4 is 10.6 Å². The lowest BCUT2D eigenvalue weighted by atomic mass is 9.92. The predicted molar refractivity (Wildman–Crippen MR) is 173 cm³/mol. The second-order valence-corrected chi connectivity index (χ2v) is 11.7. The molecular formula is C29H44N6O11S. The molecule has 17 nitrogen and oxygen atoms in total. The number of anilines is 1. The van der Waals surface area contributed by atoms with Gasteiger partial charge < -0.3 is 41.3 Å². The van der Waals surface area contributed by atoms with Crippen molar-refractivity contribution >= 4 is 52.9 Å². The number of hydrogen-bond donors (Lipinski definition) is 8. The monoisotopic (exact) mass is 684 g/mol. The van der Waals surface area contributed by atoms with E-state index in [0.29, 0.717) is 37.4 Å². The van der Waals surface area contributed by atoms with Crippen LogP contribution in [-0.4, -0.2) is 176 Å². The molecule has 18 heteroatoms. The zero-order valence-electron chi connectivity index (χ0n) is 26.0. The lowest BCUT2D eigenvalue weighted by Gasteiger charge is -2.33. The number of β-amino-alcohol motifs (C(OH)–C–C–N with tert-alkyl or cyclic N) is 1. The summed E-state index contributed by atoms with van der Waals surface area (Å²) in [6.45, 7) is 2.00. The second kappa shape index (κ2) is 20.3. The first-order valence-electron chi connectivity index (χ1n) is 15.0. The van der Waals surface area contributed by atoms with Gasteiger partial charge in [-0.05, 0) is 29.9 Å². The fourth-order valence-electron chi connectivity index (χ4n) is 5.13. The van der Waals surface area contributed by atoms with E-state index in [9.17, 15) is 44.4 Å². The van der Waals surface area contributed by atoms with Crippen molar-refractivity contribution in [1.29, 1.82) is 0 Å². The van der Waals surface area contributed by atoms with Crippen molar-refractivity contribution in [2.75, 3.05) is 90.4 Å². The summed E-state index contributed by atoms with van der Waals surface area (Å²) in [5, 5.41) is 63.2. The zero-order valence-corrected chi connectivity index (χ0v) is 26.8. The number of nitrogens with zero attached hydrogens (tertiary/aromatic N) is 4. The Morgan fingerprint density at radius 1 is 0.638 bits per heavy atom. The third-order valence-electron chi connectivity index (χ3n) is 7.46. The molecule has 262 valence electrons. The van der Waals surface area contributed by atoms with Crippen LogP contribution in [-0.2, 0) is 24.0 Å². The molecule has 1 heterocycles. The number of aliphatic hydroxyl groups is 1. The number of thiocarbonyl (C=S) groups is 1. The first-order valence-corrected chi connectivity index (χ1v) is 15.4. The summed E-state index contributed by atoms with van der Waals surface area (Å²) in [5.74, 6) is -5.98. The fraction of sp³-hybridized carbons (Fsp3) is 0.586. The van der Waals surface area contributed by atoms with Gasteiger partial charge in [0.2, 0.25) is 0 Å². The molecular weight excluding hydrogens is 640 g/mol. The van der Waals surface area contributed by atoms with Crippen molar-refractivity contribution in [3.05, 3.63) is 29.8 Å². The molecule has 0 bridgehead atoms. The molecule has 1 unspecified atom stereocenters. The van der Waals surface area contributed by atoms with Gasteiger partial charge in [-0.3, -0.25) is 43.6 Å². The highest BCUT2D eigenvalue weighted by molar-refractivity contribution is 7.80. The van der Waals surface area contributed by atoms with Crippen molar-refractivity contribution in [3.63, 3.8) is 0 Å². The Hall–Kier alpha value is -3.94. The highest BCUT2D eigenvalue weighted by Crippen LogP contribution is 2.25. The Morgan fingerprint density at radius 3 is 1.38 bits per heavy atom. The van der Waals surface area contributed by atoms with Gasteiger partial charge in [-0.1, -0.05) is 12.1 Å². The van der Waals surface area contributed by atoms with E-state index in [1.807, 2.05) is 4.90 Å². The molecule has 1 aliphatic rings. The van der Waals surface area contributed by atoms with Crippen molar-refractivity contribution in [2.24, 2.45) is 0 Å². The first-order chi connectivity index (χ1) is 22.2. The normalized spacial score (nSPS) is 16.8. The third kappa shape index (κ3) is 17.0. The molecule has 0 spiro atoms. The van der Waals surface area contributed by atoms with Gasteiger partial charge in [-0.15, -0.1) is 0 Å². The van der Waals surface area contributed by atoms with Crippen LogP contribution in [0, 0.1) is 0 Å². The fourth-order valence-corrected chi connectivity index (χ4v) is 5.33. The Morgan fingerprint density at radius 2 is 1.02 bits per heavy atom. The number of carboxylic acids is 5. The van der Waals surface area contributed by atoms with Gasteiger partial charge in [0.1, 0.15) is 0 Å². The molecule has 2 rings (SSSR count). The van der Waals surface area contributed by atoms with Crippen LogP contribution in [0.25, 0.3) is 0 Å². The average molecular weight is 685 g/mol. The van der Waals surface area contributed by atoms with Gasteiger partial charge in [-0.25, -0.2) is 0 Å². The summed E-state index contributed by atoms with van der Waals surface area (Å²) in [5.41, 5.74) is 1.12. The van der Waals surface area contributed by atoms with Gasteiger partial charge in [0, 0.05) is 77.1 Å². The van der Waals surface area contributed by atoms with Gasteiger partial charge in [0.05, 0.1) is 38.6 Å². The Labute approximate surface area is 277 Å². The molecule has 0 aromatic heterocycles. The summed E-state index contributed by atoms with van der Waals surface area (Å²) in [7, 11) is 0. The van der Waals surface area contributed by atoms with Crippen molar-refractivity contribution < 1.29 is 54.6 Å². The minimum absolute atomic E-state index is 0.0571. The molecule has 0 amide bonds. The highest BCUT2D eigenvalue weighted by Gasteiger charge is 2.22.